The van der Waals surface area contributed by atoms with Crippen LogP contribution in [0.5, 0.6) is 11.5 Å². The molecule has 0 aliphatic rings. The van der Waals surface area contributed by atoms with Gasteiger partial charge in [-0.3, -0.25) is 0 Å². The van der Waals surface area contributed by atoms with Crippen molar-refractivity contribution >= 4 is 15.9 Å². The zero-order valence-corrected chi connectivity index (χ0v) is 9.02. The van der Waals surface area contributed by atoms with Crippen LogP contribution in [-0.4, -0.2) is 13.7 Å². The van der Waals surface area contributed by atoms with Crippen LogP contribution in [0.1, 0.15) is 6.92 Å². The molecule has 1 aromatic carbocycles. The molecule has 0 saturated heterocycles. The predicted octanol–water partition coefficient (Wildman–Crippen LogP) is 3.00. The van der Waals surface area contributed by atoms with Crippen molar-refractivity contribution in [1.29, 1.82) is 0 Å². The second-order valence-corrected chi connectivity index (χ2v) is 3.20. The smallest absolute Gasteiger partial charge is 0.163 e. The van der Waals surface area contributed by atoms with Gasteiger partial charge in [0.1, 0.15) is 5.82 Å². The molecule has 0 saturated carbocycles. The number of hydrogen-bond acceptors (Lipinski definition) is 2. The third kappa shape index (κ3) is 2.34. The summed E-state index contributed by atoms with van der Waals surface area (Å²) < 4.78 is 23.6. The maximum Gasteiger partial charge on any atom is 0.163 e. The van der Waals surface area contributed by atoms with E-state index in [0.717, 1.165) is 0 Å². The van der Waals surface area contributed by atoms with Crippen LogP contribution in [-0.2, 0) is 0 Å². The Balaban J connectivity index is 3.09. The molecule has 0 aliphatic carbocycles. The lowest BCUT2D eigenvalue weighted by molar-refractivity contribution is 0.309. The lowest BCUT2D eigenvalue weighted by Gasteiger charge is -2.09. The molecule has 0 fully saturated rings. The van der Waals surface area contributed by atoms with Gasteiger partial charge < -0.3 is 9.47 Å². The molecule has 0 atom stereocenters. The summed E-state index contributed by atoms with van der Waals surface area (Å²) in [5.74, 6) is 0.584. The predicted molar refractivity (Wildman–Crippen MR) is 51.8 cm³/mol. The van der Waals surface area contributed by atoms with Gasteiger partial charge in [0.05, 0.1) is 18.2 Å². The molecular formula is C9H10BrFO2. The first-order valence-corrected chi connectivity index (χ1v) is 4.64. The molecule has 0 aliphatic heterocycles. The number of benzene rings is 1. The SMILES string of the molecule is CCOc1cc(Br)c(F)cc1OC. The fourth-order valence-electron chi connectivity index (χ4n) is 0.938. The van der Waals surface area contributed by atoms with Crippen molar-refractivity contribution in [2.45, 2.75) is 6.92 Å². The molecule has 72 valence electrons. The second-order valence-electron chi connectivity index (χ2n) is 2.35. The standard InChI is InChI=1S/C9H10BrFO2/c1-3-13-9-4-6(10)7(11)5-8(9)12-2/h4-5H,3H2,1-2H3. The zero-order chi connectivity index (χ0) is 9.84. The van der Waals surface area contributed by atoms with Crippen molar-refractivity contribution in [3.05, 3.63) is 22.4 Å². The van der Waals surface area contributed by atoms with E-state index in [1.54, 1.807) is 6.07 Å². The van der Waals surface area contributed by atoms with Gasteiger partial charge in [0, 0.05) is 12.1 Å². The largest absolute Gasteiger partial charge is 0.493 e. The summed E-state index contributed by atoms with van der Waals surface area (Å²) in [4.78, 5) is 0. The molecule has 0 bridgehead atoms. The summed E-state index contributed by atoms with van der Waals surface area (Å²) in [6.07, 6.45) is 0. The Morgan fingerprint density at radius 1 is 1.38 bits per heavy atom. The number of rotatable bonds is 3. The first-order valence-electron chi connectivity index (χ1n) is 3.84. The maximum atomic E-state index is 13.0. The fourth-order valence-corrected chi connectivity index (χ4v) is 1.26. The Labute approximate surface area is 84.8 Å². The first kappa shape index (κ1) is 10.3. The van der Waals surface area contributed by atoms with E-state index < -0.39 is 0 Å². The summed E-state index contributed by atoms with van der Waals surface area (Å²) in [5.41, 5.74) is 0. The topological polar surface area (TPSA) is 18.5 Å². The van der Waals surface area contributed by atoms with Gasteiger partial charge in [0.15, 0.2) is 11.5 Å². The first-order chi connectivity index (χ1) is 6.19. The van der Waals surface area contributed by atoms with Crippen molar-refractivity contribution in [2.75, 3.05) is 13.7 Å². The van der Waals surface area contributed by atoms with Crippen molar-refractivity contribution in [3.8, 4) is 11.5 Å². The van der Waals surface area contributed by atoms with Crippen molar-refractivity contribution < 1.29 is 13.9 Å². The van der Waals surface area contributed by atoms with Crippen LogP contribution < -0.4 is 9.47 Å². The lowest BCUT2D eigenvalue weighted by Crippen LogP contribution is -1.96. The van der Waals surface area contributed by atoms with Gasteiger partial charge in [0.2, 0.25) is 0 Å². The van der Waals surface area contributed by atoms with E-state index in [9.17, 15) is 4.39 Å². The van der Waals surface area contributed by atoms with Crippen molar-refractivity contribution in [2.24, 2.45) is 0 Å². The molecule has 0 aromatic heterocycles. The van der Waals surface area contributed by atoms with E-state index in [4.69, 9.17) is 9.47 Å². The van der Waals surface area contributed by atoms with E-state index in [1.165, 1.54) is 13.2 Å². The molecule has 0 spiro atoms. The molecule has 4 heteroatoms. The van der Waals surface area contributed by atoms with Crippen LogP contribution in [0.15, 0.2) is 16.6 Å². The molecule has 0 amide bonds. The molecule has 0 radical (unpaired) electrons. The van der Waals surface area contributed by atoms with Gasteiger partial charge in [-0.05, 0) is 22.9 Å². The van der Waals surface area contributed by atoms with Crippen LogP contribution in [0, 0.1) is 5.82 Å². The van der Waals surface area contributed by atoms with Gasteiger partial charge in [-0.15, -0.1) is 0 Å². The van der Waals surface area contributed by atoms with Crippen molar-refractivity contribution in [3.63, 3.8) is 0 Å². The second kappa shape index (κ2) is 4.46. The maximum absolute atomic E-state index is 13.0. The van der Waals surface area contributed by atoms with Crippen LogP contribution >= 0.6 is 15.9 Å². The number of methoxy groups -OCH3 is 1. The molecule has 0 unspecified atom stereocenters. The Morgan fingerprint density at radius 2 is 2.08 bits per heavy atom. The molecule has 0 heterocycles. The van der Waals surface area contributed by atoms with Crippen molar-refractivity contribution in [1.82, 2.24) is 0 Å². The van der Waals surface area contributed by atoms with E-state index in [2.05, 4.69) is 15.9 Å². The summed E-state index contributed by atoms with van der Waals surface area (Å²) in [6.45, 7) is 2.38. The van der Waals surface area contributed by atoms with E-state index in [-0.39, 0.29) is 5.82 Å². The summed E-state index contributed by atoms with van der Waals surface area (Å²) in [5, 5.41) is 0. The third-order valence-corrected chi connectivity index (χ3v) is 2.11. The summed E-state index contributed by atoms with van der Waals surface area (Å²) in [7, 11) is 1.48. The van der Waals surface area contributed by atoms with Crippen LogP contribution in [0.3, 0.4) is 0 Å². The van der Waals surface area contributed by atoms with Gasteiger partial charge in [0.25, 0.3) is 0 Å². The monoisotopic (exact) mass is 248 g/mol. The van der Waals surface area contributed by atoms with Crippen LogP contribution in [0.2, 0.25) is 0 Å². The van der Waals surface area contributed by atoms with Gasteiger partial charge in [-0.1, -0.05) is 0 Å². The van der Waals surface area contributed by atoms with E-state index >= 15 is 0 Å². The molecule has 0 N–H and O–H groups in total. The minimum atomic E-state index is -0.361. The lowest BCUT2D eigenvalue weighted by atomic mass is 10.3. The highest BCUT2D eigenvalue weighted by molar-refractivity contribution is 9.10. The highest BCUT2D eigenvalue weighted by Crippen LogP contribution is 2.32. The van der Waals surface area contributed by atoms with E-state index in [0.29, 0.717) is 22.6 Å². The molecule has 2 nitrogen and oxygen atoms in total. The normalized spacial score (nSPS) is 9.85. The Kier molecular flexibility index (Phi) is 3.54. The number of halogens is 2. The summed E-state index contributed by atoms with van der Waals surface area (Å²) in [6, 6.07) is 2.84. The quantitative estimate of drug-likeness (QED) is 0.819. The van der Waals surface area contributed by atoms with Crippen LogP contribution in [0.25, 0.3) is 0 Å². The minimum Gasteiger partial charge on any atom is -0.493 e. The fraction of sp³-hybridized carbons (Fsp3) is 0.333. The van der Waals surface area contributed by atoms with E-state index in [1.807, 2.05) is 6.92 Å². The van der Waals surface area contributed by atoms with Gasteiger partial charge in [-0.2, -0.15) is 0 Å². The number of ether oxygens (including phenoxy) is 2. The highest BCUT2D eigenvalue weighted by Gasteiger charge is 2.08. The van der Waals surface area contributed by atoms with Gasteiger partial charge in [-0.25, -0.2) is 4.39 Å². The molecular weight excluding hydrogens is 239 g/mol. The highest BCUT2D eigenvalue weighted by atomic mass is 79.9. The average molecular weight is 249 g/mol. The zero-order valence-electron chi connectivity index (χ0n) is 7.43. The Morgan fingerprint density at radius 3 is 2.62 bits per heavy atom. The minimum absolute atomic E-state index is 0.361. The summed E-state index contributed by atoms with van der Waals surface area (Å²) >= 11 is 3.07. The Bertz CT molecular complexity index is 302. The molecule has 1 rings (SSSR count). The Hall–Kier alpha value is -0.770. The molecule has 1 aromatic rings. The van der Waals surface area contributed by atoms with Gasteiger partial charge >= 0.3 is 0 Å². The molecule has 13 heavy (non-hydrogen) atoms. The number of hydrogen-bond donors (Lipinski definition) is 0. The third-order valence-electron chi connectivity index (χ3n) is 1.51. The average Bonchev–Trinajstić information content (AvgIpc) is 2.11. The van der Waals surface area contributed by atoms with Crippen LogP contribution in [0.4, 0.5) is 4.39 Å².